The van der Waals surface area contributed by atoms with Crippen LogP contribution in [0, 0.1) is 13.8 Å². The predicted molar refractivity (Wildman–Crippen MR) is 67.8 cm³/mol. The van der Waals surface area contributed by atoms with Crippen molar-refractivity contribution in [3.05, 3.63) is 35.2 Å². The summed E-state index contributed by atoms with van der Waals surface area (Å²) < 4.78 is 5.38. The third-order valence-electron chi connectivity index (χ3n) is 2.42. The van der Waals surface area contributed by atoms with Crippen molar-refractivity contribution >= 4 is 23.3 Å². The van der Waals surface area contributed by atoms with Crippen LogP contribution in [0.15, 0.2) is 22.6 Å². The maximum Gasteiger partial charge on any atom is 0.320 e. The first kappa shape index (κ1) is 11.9. The second kappa shape index (κ2) is 4.75. The molecule has 1 unspecified atom stereocenters. The zero-order valence-corrected chi connectivity index (χ0v) is 10.7. The van der Waals surface area contributed by atoms with E-state index in [9.17, 15) is 0 Å². The molecule has 0 saturated heterocycles. The number of hydrogen-bond acceptors (Lipinski definition) is 4. The number of hydrogen-bond donors (Lipinski definition) is 1. The summed E-state index contributed by atoms with van der Waals surface area (Å²) in [5.41, 5.74) is 3.25. The standard InChI is InChI=1S/C12H14ClN3O/c1-7-4-5-8(2)10(6-7)14-12-16-15-11(17-12)9(3)13/h4-6,9H,1-3H3,(H,14,16). The van der Waals surface area contributed by atoms with Gasteiger partial charge in [0, 0.05) is 5.69 Å². The summed E-state index contributed by atoms with van der Waals surface area (Å²) in [6.07, 6.45) is 0. The van der Waals surface area contributed by atoms with Gasteiger partial charge in [-0.2, -0.15) is 0 Å². The Morgan fingerprint density at radius 1 is 1.29 bits per heavy atom. The minimum absolute atomic E-state index is 0.281. The average molecular weight is 252 g/mol. The van der Waals surface area contributed by atoms with E-state index in [2.05, 4.69) is 21.6 Å². The molecule has 90 valence electrons. The normalized spacial score (nSPS) is 12.5. The van der Waals surface area contributed by atoms with Crippen LogP contribution in [0.2, 0.25) is 0 Å². The fourth-order valence-corrected chi connectivity index (χ4v) is 1.52. The van der Waals surface area contributed by atoms with Crippen LogP contribution < -0.4 is 5.32 Å². The fourth-order valence-electron chi connectivity index (χ4n) is 1.43. The van der Waals surface area contributed by atoms with Gasteiger partial charge in [-0.1, -0.05) is 17.2 Å². The van der Waals surface area contributed by atoms with Crippen molar-refractivity contribution in [2.45, 2.75) is 26.1 Å². The third-order valence-corrected chi connectivity index (χ3v) is 2.60. The van der Waals surface area contributed by atoms with E-state index >= 15 is 0 Å². The van der Waals surface area contributed by atoms with Crippen molar-refractivity contribution in [1.82, 2.24) is 10.2 Å². The van der Waals surface area contributed by atoms with Crippen LogP contribution in [0.5, 0.6) is 0 Å². The van der Waals surface area contributed by atoms with Gasteiger partial charge >= 0.3 is 6.01 Å². The maximum absolute atomic E-state index is 5.85. The van der Waals surface area contributed by atoms with Crippen molar-refractivity contribution in [3.63, 3.8) is 0 Å². The molecule has 1 aromatic carbocycles. The Morgan fingerprint density at radius 2 is 2.06 bits per heavy atom. The maximum atomic E-state index is 5.85. The molecule has 17 heavy (non-hydrogen) atoms. The zero-order chi connectivity index (χ0) is 12.4. The predicted octanol–water partition coefficient (Wildman–Crippen LogP) is 3.73. The van der Waals surface area contributed by atoms with Crippen LogP contribution in [-0.2, 0) is 0 Å². The van der Waals surface area contributed by atoms with E-state index in [0.717, 1.165) is 11.3 Å². The van der Waals surface area contributed by atoms with E-state index in [1.807, 2.05) is 26.0 Å². The van der Waals surface area contributed by atoms with Crippen molar-refractivity contribution in [2.24, 2.45) is 0 Å². The van der Waals surface area contributed by atoms with Crippen molar-refractivity contribution < 1.29 is 4.42 Å². The van der Waals surface area contributed by atoms with Gasteiger partial charge in [-0.05, 0) is 38.0 Å². The highest BCUT2D eigenvalue weighted by Gasteiger charge is 2.11. The van der Waals surface area contributed by atoms with Gasteiger partial charge in [0.15, 0.2) is 0 Å². The summed E-state index contributed by atoms with van der Waals surface area (Å²) in [5.74, 6) is 0.416. The van der Waals surface area contributed by atoms with Crippen LogP contribution in [-0.4, -0.2) is 10.2 Å². The molecule has 1 N–H and O–H groups in total. The van der Waals surface area contributed by atoms with Crippen LogP contribution in [0.25, 0.3) is 0 Å². The summed E-state index contributed by atoms with van der Waals surface area (Å²) in [4.78, 5) is 0. The first-order valence-corrected chi connectivity index (χ1v) is 5.81. The zero-order valence-electron chi connectivity index (χ0n) is 9.99. The van der Waals surface area contributed by atoms with Crippen LogP contribution in [0.3, 0.4) is 0 Å². The first-order valence-electron chi connectivity index (χ1n) is 5.38. The minimum Gasteiger partial charge on any atom is -0.406 e. The molecule has 1 atom stereocenters. The topological polar surface area (TPSA) is 51.0 Å². The van der Waals surface area contributed by atoms with Gasteiger partial charge in [-0.15, -0.1) is 16.7 Å². The molecule has 0 aliphatic heterocycles. The smallest absolute Gasteiger partial charge is 0.320 e. The molecular formula is C12H14ClN3O. The Hall–Kier alpha value is -1.55. The van der Waals surface area contributed by atoms with E-state index < -0.39 is 0 Å². The highest BCUT2D eigenvalue weighted by molar-refractivity contribution is 6.20. The molecule has 0 fully saturated rings. The second-order valence-electron chi connectivity index (χ2n) is 4.00. The number of benzene rings is 1. The molecule has 5 heteroatoms. The molecule has 0 radical (unpaired) electrons. The number of aromatic nitrogens is 2. The summed E-state index contributed by atoms with van der Waals surface area (Å²) in [5, 5.41) is 10.6. The molecule has 2 rings (SSSR count). The molecule has 0 bridgehead atoms. The van der Waals surface area contributed by atoms with Crippen LogP contribution in [0.1, 0.15) is 29.3 Å². The molecule has 0 spiro atoms. The average Bonchev–Trinajstić information content (AvgIpc) is 2.72. The fraction of sp³-hybridized carbons (Fsp3) is 0.333. The lowest BCUT2D eigenvalue weighted by molar-refractivity contribution is 0.510. The van der Waals surface area contributed by atoms with Gasteiger partial charge in [0.25, 0.3) is 0 Å². The Kier molecular flexibility index (Phi) is 3.33. The minimum atomic E-state index is -0.281. The number of anilines is 2. The largest absolute Gasteiger partial charge is 0.406 e. The van der Waals surface area contributed by atoms with Gasteiger partial charge in [0.2, 0.25) is 5.89 Å². The molecule has 0 aliphatic carbocycles. The van der Waals surface area contributed by atoms with E-state index in [1.165, 1.54) is 5.56 Å². The molecule has 1 heterocycles. The Morgan fingerprint density at radius 3 is 2.71 bits per heavy atom. The van der Waals surface area contributed by atoms with Crippen molar-refractivity contribution in [2.75, 3.05) is 5.32 Å². The Labute approximate surface area is 105 Å². The van der Waals surface area contributed by atoms with Gasteiger partial charge in [-0.25, -0.2) is 0 Å². The lowest BCUT2D eigenvalue weighted by atomic mass is 10.1. The molecule has 0 amide bonds. The monoisotopic (exact) mass is 251 g/mol. The lowest BCUT2D eigenvalue weighted by Gasteiger charge is -2.06. The van der Waals surface area contributed by atoms with Crippen molar-refractivity contribution in [1.29, 1.82) is 0 Å². The molecule has 0 saturated carbocycles. The Balaban J connectivity index is 2.22. The Bertz CT molecular complexity index is 522. The number of aryl methyl sites for hydroxylation is 2. The number of rotatable bonds is 3. The first-order chi connectivity index (χ1) is 8.06. The summed E-state index contributed by atoms with van der Waals surface area (Å²) in [6, 6.07) is 6.49. The van der Waals surface area contributed by atoms with E-state index in [0.29, 0.717) is 11.9 Å². The molecular weight excluding hydrogens is 238 g/mol. The van der Waals surface area contributed by atoms with Crippen molar-refractivity contribution in [3.8, 4) is 0 Å². The number of halogens is 1. The van der Waals surface area contributed by atoms with E-state index in [4.69, 9.17) is 16.0 Å². The number of nitrogens with zero attached hydrogens (tertiary/aromatic N) is 2. The van der Waals surface area contributed by atoms with Gasteiger partial charge in [0.05, 0.1) is 0 Å². The SMILES string of the molecule is Cc1ccc(C)c(Nc2nnc(C(C)Cl)o2)c1. The summed E-state index contributed by atoms with van der Waals surface area (Å²) in [7, 11) is 0. The molecule has 2 aromatic rings. The van der Waals surface area contributed by atoms with Crippen LogP contribution in [0.4, 0.5) is 11.7 Å². The van der Waals surface area contributed by atoms with E-state index in [1.54, 1.807) is 6.92 Å². The highest BCUT2D eigenvalue weighted by Crippen LogP contribution is 2.24. The molecule has 1 aromatic heterocycles. The van der Waals surface area contributed by atoms with Gasteiger partial charge in [-0.3, -0.25) is 0 Å². The van der Waals surface area contributed by atoms with Gasteiger partial charge < -0.3 is 9.73 Å². The number of nitrogens with one attached hydrogen (secondary N) is 1. The van der Waals surface area contributed by atoms with E-state index in [-0.39, 0.29) is 5.38 Å². The summed E-state index contributed by atoms with van der Waals surface area (Å²) in [6.45, 7) is 5.84. The lowest BCUT2D eigenvalue weighted by Crippen LogP contribution is -1.93. The quantitative estimate of drug-likeness (QED) is 0.845. The highest BCUT2D eigenvalue weighted by atomic mass is 35.5. The summed E-state index contributed by atoms with van der Waals surface area (Å²) >= 11 is 5.85. The van der Waals surface area contributed by atoms with Gasteiger partial charge in [0.1, 0.15) is 5.38 Å². The third kappa shape index (κ3) is 2.77. The number of alkyl halides is 1. The second-order valence-corrected chi connectivity index (χ2v) is 4.66. The molecule has 0 aliphatic rings. The van der Waals surface area contributed by atoms with Crippen LogP contribution >= 0.6 is 11.6 Å². The molecule has 4 nitrogen and oxygen atoms in total.